The summed E-state index contributed by atoms with van der Waals surface area (Å²) in [5.74, 6) is 0.872. The number of hydrogen-bond donors (Lipinski definition) is 3. The molecular formula is C12H18O3S3. The van der Waals surface area contributed by atoms with Crippen molar-refractivity contribution in [2.24, 2.45) is 0 Å². The normalized spacial score (nSPS) is 31.5. The Morgan fingerprint density at radius 2 is 0.889 bits per heavy atom. The van der Waals surface area contributed by atoms with Gasteiger partial charge in [0.15, 0.2) is 0 Å². The van der Waals surface area contributed by atoms with Crippen molar-refractivity contribution in [1.82, 2.24) is 0 Å². The van der Waals surface area contributed by atoms with Crippen LogP contribution >= 0.6 is 35.3 Å². The first-order valence-electron chi connectivity index (χ1n) is 5.45. The minimum atomic E-state index is 0.109. The third-order valence-corrected chi connectivity index (χ3v) is 6.36. The van der Waals surface area contributed by atoms with Gasteiger partial charge in [0.25, 0.3) is 0 Å². The van der Waals surface area contributed by atoms with E-state index in [1.165, 1.54) is 0 Å². The van der Waals surface area contributed by atoms with Gasteiger partial charge in [-0.1, -0.05) is 0 Å². The van der Waals surface area contributed by atoms with Gasteiger partial charge < -0.3 is 15.3 Å². The minimum Gasteiger partial charge on any atom is -0.513 e. The predicted octanol–water partition coefficient (Wildman–Crippen LogP) is 4.56. The lowest BCUT2D eigenvalue weighted by Gasteiger charge is -2.29. The van der Waals surface area contributed by atoms with Crippen molar-refractivity contribution >= 4 is 35.3 Å². The van der Waals surface area contributed by atoms with Gasteiger partial charge in [-0.05, 0) is 39.0 Å². The van der Waals surface area contributed by atoms with Gasteiger partial charge in [-0.25, -0.2) is 0 Å². The Labute approximate surface area is 120 Å². The molecule has 0 amide bonds. The van der Waals surface area contributed by atoms with E-state index in [0.29, 0.717) is 17.3 Å². The number of allylic oxidation sites excluding steroid dienone is 3. The molecule has 6 heteroatoms. The lowest BCUT2D eigenvalue weighted by molar-refractivity contribution is 0.413. The summed E-state index contributed by atoms with van der Waals surface area (Å²) in [6.45, 7) is 4.94. The van der Waals surface area contributed by atoms with Crippen LogP contribution in [-0.2, 0) is 0 Å². The number of aliphatic hydroxyl groups excluding tert-OH is 3. The zero-order valence-corrected chi connectivity index (χ0v) is 13.0. The topological polar surface area (TPSA) is 60.7 Å². The predicted molar refractivity (Wildman–Crippen MR) is 83.3 cm³/mol. The molecule has 0 aromatic heterocycles. The fraction of sp³-hybridized carbons (Fsp3) is 0.500. The van der Waals surface area contributed by atoms with Crippen LogP contribution in [0.3, 0.4) is 0 Å². The van der Waals surface area contributed by atoms with E-state index in [4.69, 9.17) is 0 Å². The molecule has 3 N–H and O–H groups in total. The van der Waals surface area contributed by atoms with Crippen LogP contribution < -0.4 is 0 Å². The highest BCUT2D eigenvalue weighted by atomic mass is 32.3. The van der Waals surface area contributed by atoms with E-state index in [-0.39, 0.29) is 13.7 Å². The second-order valence-corrected chi connectivity index (χ2v) is 8.70. The molecule has 0 saturated carbocycles. The molecule has 1 aliphatic rings. The number of aliphatic hydroxyl groups is 3. The van der Waals surface area contributed by atoms with Gasteiger partial charge in [-0.15, -0.1) is 35.3 Å². The second kappa shape index (κ2) is 7.31. The van der Waals surface area contributed by atoms with Crippen LogP contribution in [0.15, 0.2) is 35.5 Å². The monoisotopic (exact) mass is 306 g/mol. The molecule has 102 valence electrons. The van der Waals surface area contributed by atoms with Crippen molar-refractivity contribution in [1.29, 1.82) is 0 Å². The summed E-state index contributed by atoms with van der Waals surface area (Å²) >= 11 is 4.98. The molecule has 1 heterocycles. The Morgan fingerprint density at radius 1 is 0.667 bits per heavy atom. The maximum atomic E-state index is 9.34. The molecule has 0 atom stereocenters. The summed E-state index contributed by atoms with van der Waals surface area (Å²) in [4.78, 5) is 0. The Balaban J connectivity index is 2.82. The average molecular weight is 306 g/mol. The fourth-order valence-corrected chi connectivity index (χ4v) is 7.32. The van der Waals surface area contributed by atoms with Gasteiger partial charge in [0.05, 0.1) is 31.0 Å². The highest BCUT2D eigenvalue weighted by Gasteiger charge is 2.27. The Morgan fingerprint density at radius 3 is 1.06 bits per heavy atom. The van der Waals surface area contributed by atoms with E-state index in [9.17, 15) is 15.3 Å². The van der Waals surface area contributed by atoms with E-state index in [1.807, 2.05) is 0 Å². The van der Waals surface area contributed by atoms with Crippen LogP contribution in [0, 0.1) is 0 Å². The van der Waals surface area contributed by atoms with Crippen molar-refractivity contribution in [3.8, 4) is 0 Å². The Kier molecular flexibility index (Phi) is 6.38. The first-order valence-corrected chi connectivity index (χ1v) is 8.28. The summed E-state index contributed by atoms with van der Waals surface area (Å²) in [6, 6.07) is 0. The van der Waals surface area contributed by atoms with Crippen molar-refractivity contribution in [3.05, 3.63) is 35.5 Å². The van der Waals surface area contributed by atoms with E-state index in [2.05, 4.69) is 0 Å². The maximum Gasteiger partial charge on any atom is 0.0871 e. The van der Waals surface area contributed by atoms with E-state index >= 15 is 0 Å². The lowest BCUT2D eigenvalue weighted by atomic mass is 10.5. The Bertz CT molecular complexity index is 302. The lowest BCUT2D eigenvalue weighted by Crippen LogP contribution is -2.15. The molecule has 0 aromatic carbocycles. The minimum absolute atomic E-state index is 0.109. The zero-order chi connectivity index (χ0) is 13.7. The fourth-order valence-electron chi connectivity index (χ4n) is 1.32. The Hall–Kier alpha value is -0.330. The van der Waals surface area contributed by atoms with Crippen LogP contribution in [0.5, 0.6) is 0 Å². The molecule has 1 saturated heterocycles. The van der Waals surface area contributed by atoms with Gasteiger partial charge in [-0.3, -0.25) is 0 Å². The largest absolute Gasteiger partial charge is 0.513 e. The summed E-state index contributed by atoms with van der Waals surface area (Å²) in [7, 11) is 0. The maximum absolute atomic E-state index is 9.34. The number of thioether (sulfide) groups is 3. The van der Waals surface area contributed by atoms with Crippen molar-refractivity contribution in [2.45, 2.75) is 34.5 Å². The summed E-state index contributed by atoms with van der Waals surface area (Å²) < 4.78 is 0.326. The molecule has 0 spiro atoms. The van der Waals surface area contributed by atoms with Crippen LogP contribution in [0.1, 0.15) is 20.8 Å². The molecular weight excluding hydrogens is 288 g/mol. The van der Waals surface area contributed by atoms with Crippen molar-refractivity contribution in [3.63, 3.8) is 0 Å². The van der Waals surface area contributed by atoms with Gasteiger partial charge in [0, 0.05) is 0 Å². The first kappa shape index (κ1) is 15.7. The average Bonchev–Trinajstić information content (AvgIpc) is 2.12. The van der Waals surface area contributed by atoms with Crippen LogP contribution in [0.4, 0.5) is 0 Å². The number of rotatable bonds is 3. The van der Waals surface area contributed by atoms with Crippen LogP contribution in [-0.4, -0.2) is 29.1 Å². The SMILES string of the molecule is C/C(O)=C\C1SC(/C=C(\C)O)SC(/C=C(\C)O)S1. The van der Waals surface area contributed by atoms with Gasteiger partial charge in [-0.2, -0.15) is 0 Å². The molecule has 1 rings (SSSR count). The zero-order valence-electron chi connectivity index (χ0n) is 10.5. The van der Waals surface area contributed by atoms with Crippen LogP contribution in [0.2, 0.25) is 0 Å². The third-order valence-electron chi connectivity index (χ3n) is 1.94. The van der Waals surface area contributed by atoms with Gasteiger partial charge in [0.1, 0.15) is 0 Å². The van der Waals surface area contributed by atoms with Crippen molar-refractivity contribution in [2.75, 3.05) is 0 Å². The van der Waals surface area contributed by atoms with Gasteiger partial charge in [0.2, 0.25) is 0 Å². The molecule has 0 radical (unpaired) electrons. The summed E-state index contributed by atoms with van der Waals surface area (Å²) in [5, 5.41) is 28.0. The standard InChI is InChI=1S/C12H18O3S3/c1-7(13)4-10-16-11(5-8(2)14)18-12(17-10)6-9(3)15/h4-6,10-15H,1-3H3/b7-4+,8-5+,9-6+. The quantitative estimate of drug-likeness (QED) is 0.664. The first-order chi connectivity index (χ1) is 8.36. The molecule has 0 aliphatic carbocycles. The molecule has 0 unspecified atom stereocenters. The molecule has 0 aromatic rings. The molecule has 3 nitrogen and oxygen atoms in total. The van der Waals surface area contributed by atoms with Gasteiger partial charge >= 0.3 is 0 Å². The highest BCUT2D eigenvalue weighted by Crippen LogP contribution is 2.49. The number of hydrogen-bond acceptors (Lipinski definition) is 6. The smallest absolute Gasteiger partial charge is 0.0871 e. The summed E-state index contributed by atoms with van der Waals surface area (Å²) in [5.41, 5.74) is 0. The van der Waals surface area contributed by atoms with Crippen LogP contribution in [0.25, 0.3) is 0 Å². The molecule has 0 bridgehead atoms. The second-order valence-electron chi connectivity index (χ2n) is 3.94. The van der Waals surface area contributed by atoms with E-state index < -0.39 is 0 Å². The highest BCUT2D eigenvalue weighted by molar-refractivity contribution is 8.34. The van der Waals surface area contributed by atoms with E-state index in [1.54, 1.807) is 74.3 Å². The van der Waals surface area contributed by atoms with Crippen molar-refractivity contribution < 1.29 is 15.3 Å². The summed E-state index contributed by atoms with van der Waals surface area (Å²) in [6.07, 6.45) is 5.36. The molecule has 18 heavy (non-hydrogen) atoms. The van der Waals surface area contributed by atoms with E-state index in [0.717, 1.165) is 0 Å². The molecule has 1 aliphatic heterocycles. The molecule has 1 fully saturated rings. The third kappa shape index (κ3) is 6.02.